The van der Waals surface area contributed by atoms with E-state index in [1.54, 1.807) is 4.90 Å². The minimum Gasteiger partial charge on any atom is -0.396 e. The second-order valence-corrected chi connectivity index (χ2v) is 8.67. The summed E-state index contributed by atoms with van der Waals surface area (Å²) in [5, 5.41) is 10.2. The molecule has 0 saturated carbocycles. The van der Waals surface area contributed by atoms with E-state index in [0.717, 1.165) is 50.9 Å². The van der Waals surface area contributed by atoms with Crippen LogP contribution in [0.15, 0.2) is 54.6 Å². The Morgan fingerprint density at radius 1 is 1.00 bits per heavy atom. The average Bonchev–Trinajstić information content (AvgIpc) is 3.24. The third-order valence-electron chi connectivity index (χ3n) is 6.57. The Kier molecular flexibility index (Phi) is 6.18. The number of hydrogen-bond donors (Lipinski definition) is 1. The summed E-state index contributed by atoms with van der Waals surface area (Å²) in [6.45, 7) is 2.15. The van der Waals surface area contributed by atoms with Crippen LogP contribution >= 0.6 is 0 Å². The minimum absolute atomic E-state index is 0.00605. The number of benzene rings is 2. The van der Waals surface area contributed by atoms with Crippen LogP contribution in [0, 0.1) is 5.41 Å². The lowest BCUT2D eigenvalue weighted by Crippen LogP contribution is -2.48. The Morgan fingerprint density at radius 3 is 2.43 bits per heavy atom. The van der Waals surface area contributed by atoms with Crippen molar-refractivity contribution in [2.24, 2.45) is 5.41 Å². The fourth-order valence-corrected chi connectivity index (χ4v) is 4.74. The lowest BCUT2D eigenvalue weighted by atomic mass is 9.76. The Morgan fingerprint density at radius 2 is 1.77 bits per heavy atom. The van der Waals surface area contributed by atoms with Gasteiger partial charge in [0, 0.05) is 42.7 Å². The third kappa shape index (κ3) is 4.41. The molecule has 2 amide bonds. The summed E-state index contributed by atoms with van der Waals surface area (Å²) in [4.78, 5) is 28.8. The molecule has 30 heavy (non-hydrogen) atoms. The summed E-state index contributed by atoms with van der Waals surface area (Å²) >= 11 is 0. The Bertz CT molecular complexity index is 881. The van der Waals surface area contributed by atoms with E-state index >= 15 is 0 Å². The topological polar surface area (TPSA) is 60.9 Å². The molecule has 0 aliphatic carbocycles. The molecular weight excluding hydrogens is 376 g/mol. The summed E-state index contributed by atoms with van der Waals surface area (Å²) in [5.41, 5.74) is 2.52. The average molecular weight is 407 g/mol. The van der Waals surface area contributed by atoms with E-state index in [0.29, 0.717) is 18.5 Å². The zero-order valence-electron chi connectivity index (χ0n) is 17.4. The standard InChI is InChI=1S/C25H30N2O3/c28-19-25(15-13-20-6-2-1-3-7-20)14-5-16-26(18-25)24(30)21-9-11-22(12-10-21)27-17-4-8-23(27)29/h1-3,6-7,9-12,28H,4-5,8,13-19H2/t25-/m0/s1. The van der Waals surface area contributed by atoms with Crippen molar-refractivity contribution in [1.29, 1.82) is 0 Å². The maximum atomic E-state index is 13.1. The number of aliphatic hydroxyl groups is 1. The number of carbonyl (C=O) groups is 2. The zero-order valence-corrected chi connectivity index (χ0v) is 17.4. The van der Waals surface area contributed by atoms with E-state index < -0.39 is 0 Å². The molecule has 5 heteroatoms. The van der Waals surface area contributed by atoms with E-state index in [2.05, 4.69) is 12.1 Å². The molecule has 1 N–H and O–H groups in total. The predicted molar refractivity (Wildman–Crippen MR) is 117 cm³/mol. The van der Waals surface area contributed by atoms with Gasteiger partial charge in [-0.3, -0.25) is 9.59 Å². The van der Waals surface area contributed by atoms with Crippen molar-refractivity contribution in [2.45, 2.75) is 38.5 Å². The molecule has 158 valence electrons. The van der Waals surface area contributed by atoms with Crippen molar-refractivity contribution in [3.8, 4) is 0 Å². The smallest absolute Gasteiger partial charge is 0.253 e. The zero-order chi connectivity index (χ0) is 21.0. The molecule has 0 aromatic heterocycles. The molecule has 0 bridgehead atoms. The maximum absolute atomic E-state index is 13.1. The van der Waals surface area contributed by atoms with Gasteiger partial charge in [0.25, 0.3) is 5.91 Å². The summed E-state index contributed by atoms with van der Waals surface area (Å²) in [6, 6.07) is 17.7. The van der Waals surface area contributed by atoms with Gasteiger partial charge in [-0.1, -0.05) is 30.3 Å². The molecule has 2 aromatic rings. The number of amides is 2. The van der Waals surface area contributed by atoms with Crippen molar-refractivity contribution in [2.75, 3.05) is 31.1 Å². The Balaban J connectivity index is 1.42. The number of hydrogen-bond acceptors (Lipinski definition) is 3. The van der Waals surface area contributed by atoms with Crippen LogP contribution in [0.1, 0.15) is 48.0 Å². The number of aliphatic hydroxyl groups excluding tert-OH is 1. The van der Waals surface area contributed by atoms with Gasteiger partial charge in [0.05, 0.1) is 6.61 Å². The fourth-order valence-electron chi connectivity index (χ4n) is 4.74. The molecule has 0 spiro atoms. The number of carbonyl (C=O) groups excluding carboxylic acids is 2. The van der Waals surface area contributed by atoms with E-state index in [9.17, 15) is 14.7 Å². The van der Waals surface area contributed by atoms with Crippen LogP contribution in [-0.4, -0.2) is 48.1 Å². The SMILES string of the molecule is O=C(c1ccc(N2CCCC2=O)cc1)N1CCC[C@](CO)(CCc2ccccc2)C1. The third-order valence-corrected chi connectivity index (χ3v) is 6.57. The minimum atomic E-state index is -0.244. The van der Waals surface area contributed by atoms with Gasteiger partial charge in [0.1, 0.15) is 0 Å². The highest BCUT2D eigenvalue weighted by Crippen LogP contribution is 2.35. The summed E-state index contributed by atoms with van der Waals surface area (Å²) < 4.78 is 0. The summed E-state index contributed by atoms with van der Waals surface area (Å²) in [7, 11) is 0. The van der Waals surface area contributed by atoms with Gasteiger partial charge in [-0.2, -0.15) is 0 Å². The summed E-state index contributed by atoms with van der Waals surface area (Å²) in [6.07, 6.45) is 5.10. The number of aryl methyl sites for hydroxylation is 1. The van der Waals surface area contributed by atoms with Gasteiger partial charge in [-0.05, 0) is 61.9 Å². The summed E-state index contributed by atoms with van der Waals surface area (Å²) in [5.74, 6) is 0.155. The first-order valence-electron chi connectivity index (χ1n) is 10.9. The van der Waals surface area contributed by atoms with E-state index in [1.165, 1.54) is 5.56 Å². The van der Waals surface area contributed by atoms with Gasteiger partial charge in [-0.25, -0.2) is 0 Å². The number of piperidine rings is 1. The molecule has 2 aliphatic heterocycles. The van der Waals surface area contributed by atoms with Gasteiger partial charge in [0.15, 0.2) is 0 Å². The van der Waals surface area contributed by atoms with Crippen molar-refractivity contribution < 1.29 is 14.7 Å². The molecular formula is C25H30N2O3. The molecule has 0 unspecified atom stereocenters. The van der Waals surface area contributed by atoms with Crippen LogP contribution in [0.5, 0.6) is 0 Å². The van der Waals surface area contributed by atoms with Crippen molar-refractivity contribution in [1.82, 2.24) is 4.90 Å². The second kappa shape index (κ2) is 9.00. The van der Waals surface area contributed by atoms with Crippen molar-refractivity contribution >= 4 is 17.5 Å². The predicted octanol–water partition coefficient (Wildman–Crippen LogP) is 3.66. The molecule has 0 radical (unpaired) electrons. The molecule has 2 aromatic carbocycles. The molecule has 4 rings (SSSR count). The molecule has 2 aliphatic rings. The van der Waals surface area contributed by atoms with Gasteiger partial charge < -0.3 is 14.9 Å². The molecule has 5 nitrogen and oxygen atoms in total. The van der Waals surface area contributed by atoms with E-state index in [-0.39, 0.29) is 23.8 Å². The lowest BCUT2D eigenvalue weighted by molar-refractivity contribution is -0.117. The maximum Gasteiger partial charge on any atom is 0.253 e. The van der Waals surface area contributed by atoms with Gasteiger partial charge >= 0.3 is 0 Å². The molecule has 1 atom stereocenters. The van der Waals surface area contributed by atoms with Gasteiger partial charge in [0.2, 0.25) is 5.91 Å². The largest absolute Gasteiger partial charge is 0.396 e. The van der Waals surface area contributed by atoms with Crippen LogP contribution in [0.4, 0.5) is 5.69 Å². The molecule has 2 heterocycles. The van der Waals surface area contributed by atoms with E-state index in [4.69, 9.17) is 0 Å². The normalized spacial score (nSPS) is 21.8. The highest BCUT2D eigenvalue weighted by molar-refractivity contribution is 5.97. The first-order chi connectivity index (χ1) is 14.6. The molecule has 2 fully saturated rings. The van der Waals surface area contributed by atoms with Crippen molar-refractivity contribution in [3.05, 3.63) is 65.7 Å². The van der Waals surface area contributed by atoms with Gasteiger partial charge in [-0.15, -0.1) is 0 Å². The Hall–Kier alpha value is -2.66. The highest BCUT2D eigenvalue weighted by Gasteiger charge is 2.36. The van der Waals surface area contributed by atoms with E-state index in [1.807, 2.05) is 47.4 Å². The van der Waals surface area contributed by atoms with Crippen LogP contribution in [-0.2, 0) is 11.2 Å². The van der Waals surface area contributed by atoms with Crippen LogP contribution < -0.4 is 4.90 Å². The Labute approximate surface area is 178 Å². The van der Waals surface area contributed by atoms with Crippen LogP contribution in [0.2, 0.25) is 0 Å². The second-order valence-electron chi connectivity index (χ2n) is 8.67. The first-order valence-corrected chi connectivity index (χ1v) is 10.9. The van der Waals surface area contributed by atoms with Crippen LogP contribution in [0.3, 0.4) is 0 Å². The lowest BCUT2D eigenvalue weighted by Gasteiger charge is -2.42. The number of likely N-dealkylation sites (tertiary alicyclic amines) is 1. The monoisotopic (exact) mass is 406 g/mol. The van der Waals surface area contributed by atoms with Crippen molar-refractivity contribution in [3.63, 3.8) is 0 Å². The fraction of sp³-hybridized carbons (Fsp3) is 0.440. The number of rotatable bonds is 6. The highest BCUT2D eigenvalue weighted by atomic mass is 16.3. The quantitative estimate of drug-likeness (QED) is 0.796. The van der Waals surface area contributed by atoms with Crippen LogP contribution in [0.25, 0.3) is 0 Å². The number of anilines is 1. The molecule has 2 saturated heterocycles. The first kappa shape index (κ1) is 20.6. The number of nitrogens with zero attached hydrogens (tertiary/aromatic N) is 2.